The highest BCUT2D eigenvalue weighted by Crippen LogP contribution is 2.19. The first-order valence-electron chi connectivity index (χ1n) is 3.43. The smallest absolute Gasteiger partial charge is 0.209 e. The van der Waals surface area contributed by atoms with Gasteiger partial charge < -0.3 is 4.74 Å². The van der Waals surface area contributed by atoms with E-state index in [9.17, 15) is 10.1 Å². The van der Waals surface area contributed by atoms with E-state index in [1.165, 1.54) is 0 Å². The van der Waals surface area contributed by atoms with Crippen molar-refractivity contribution in [3.8, 4) is 0 Å². The van der Waals surface area contributed by atoms with Crippen LogP contribution in [0.5, 0.6) is 0 Å². The molecule has 0 aliphatic carbocycles. The topological polar surface area (TPSA) is 52.4 Å². The van der Waals surface area contributed by atoms with Gasteiger partial charge in [0, 0.05) is 11.5 Å². The lowest BCUT2D eigenvalue weighted by Gasteiger charge is -2.07. The Morgan fingerprint density at radius 1 is 1.80 bits per heavy atom. The third kappa shape index (κ3) is 1.67. The Balaban J connectivity index is 2.33. The molecule has 0 radical (unpaired) electrons. The van der Waals surface area contributed by atoms with Gasteiger partial charge >= 0.3 is 0 Å². The van der Waals surface area contributed by atoms with E-state index in [2.05, 4.69) is 0 Å². The van der Waals surface area contributed by atoms with Gasteiger partial charge in [0.2, 0.25) is 6.54 Å². The second-order valence-electron chi connectivity index (χ2n) is 2.64. The van der Waals surface area contributed by atoms with E-state index in [1.807, 2.05) is 6.92 Å². The number of ether oxygens (including phenoxy) is 1. The molecule has 1 aliphatic rings. The average Bonchev–Trinajstić information content (AvgIpc) is 2.15. The van der Waals surface area contributed by atoms with Crippen LogP contribution in [0.3, 0.4) is 0 Å². The molecule has 0 bridgehead atoms. The number of nitrogens with zero attached hydrogens (tertiary/aromatic N) is 1. The summed E-state index contributed by atoms with van der Waals surface area (Å²) in [4.78, 5) is 9.78. The first kappa shape index (κ1) is 7.47. The van der Waals surface area contributed by atoms with Crippen LogP contribution in [0.25, 0.3) is 0 Å². The van der Waals surface area contributed by atoms with Crippen LogP contribution in [0.4, 0.5) is 0 Å². The molecule has 0 saturated carbocycles. The normalized spacial score (nSPS) is 32.5. The molecule has 4 nitrogen and oxygen atoms in total. The molecule has 58 valence electrons. The molecule has 0 amide bonds. The lowest BCUT2D eigenvalue weighted by atomic mass is 10.0. The van der Waals surface area contributed by atoms with E-state index in [0.717, 1.165) is 6.42 Å². The van der Waals surface area contributed by atoms with Crippen molar-refractivity contribution in [2.24, 2.45) is 5.92 Å². The monoisotopic (exact) mass is 145 g/mol. The number of nitro groups is 1. The van der Waals surface area contributed by atoms with Crippen molar-refractivity contribution in [3.05, 3.63) is 10.1 Å². The van der Waals surface area contributed by atoms with Crippen LogP contribution in [-0.2, 0) is 4.74 Å². The van der Waals surface area contributed by atoms with Gasteiger partial charge in [0.1, 0.15) is 0 Å². The molecule has 0 aromatic rings. The van der Waals surface area contributed by atoms with E-state index in [0.29, 0.717) is 6.61 Å². The van der Waals surface area contributed by atoms with Crippen LogP contribution in [0.2, 0.25) is 0 Å². The molecule has 1 heterocycles. The maximum atomic E-state index is 10.1. The van der Waals surface area contributed by atoms with Gasteiger partial charge in [0.15, 0.2) is 0 Å². The number of hydrogen-bond donors (Lipinski definition) is 0. The number of hydrogen-bond acceptors (Lipinski definition) is 3. The molecule has 0 N–H and O–H groups in total. The van der Waals surface area contributed by atoms with Gasteiger partial charge in [-0.2, -0.15) is 0 Å². The van der Waals surface area contributed by atoms with Crippen molar-refractivity contribution < 1.29 is 9.66 Å². The van der Waals surface area contributed by atoms with Crippen LogP contribution < -0.4 is 0 Å². The maximum Gasteiger partial charge on any atom is 0.209 e. The third-order valence-corrected chi connectivity index (χ3v) is 1.92. The minimum absolute atomic E-state index is 0.0567. The van der Waals surface area contributed by atoms with Crippen molar-refractivity contribution in [1.29, 1.82) is 0 Å². The lowest BCUT2D eigenvalue weighted by Crippen LogP contribution is -2.20. The van der Waals surface area contributed by atoms with E-state index < -0.39 is 0 Å². The summed E-state index contributed by atoms with van der Waals surface area (Å²) in [7, 11) is 0. The Kier molecular flexibility index (Phi) is 2.21. The first-order chi connectivity index (χ1) is 4.70. The van der Waals surface area contributed by atoms with Crippen LogP contribution in [-0.4, -0.2) is 24.2 Å². The Morgan fingerprint density at radius 3 is 2.90 bits per heavy atom. The van der Waals surface area contributed by atoms with Gasteiger partial charge in [-0.3, -0.25) is 10.1 Å². The summed E-state index contributed by atoms with van der Waals surface area (Å²) in [5, 5.41) is 10.1. The molecule has 2 atom stereocenters. The summed E-state index contributed by atoms with van der Waals surface area (Å²) < 4.78 is 5.16. The fourth-order valence-corrected chi connectivity index (χ4v) is 1.21. The number of rotatable bonds is 2. The molecule has 2 unspecified atom stereocenters. The summed E-state index contributed by atoms with van der Waals surface area (Å²) >= 11 is 0. The fourth-order valence-electron chi connectivity index (χ4n) is 1.21. The zero-order chi connectivity index (χ0) is 7.56. The van der Waals surface area contributed by atoms with Gasteiger partial charge in [-0.15, -0.1) is 0 Å². The SMILES string of the molecule is CC1OCCC1C[N+](=O)[O-]. The van der Waals surface area contributed by atoms with Gasteiger partial charge in [0.05, 0.1) is 12.0 Å². The maximum absolute atomic E-state index is 10.1. The van der Waals surface area contributed by atoms with Crippen LogP contribution >= 0.6 is 0 Å². The molecule has 1 fully saturated rings. The Hall–Kier alpha value is -0.640. The quantitative estimate of drug-likeness (QED) is 0.424. The average molecular weight is 145 g/mol. The minimum atomic E-state index is -0.268. The Morgan fingerprint density at radius 2 is 2.50 bits per heavy atom. The summed E-state index contributed by atoms with van der Waals surface area (Å²) in [6.07, 6.45) is 0.910. The molecular weight excluding hydrogens is 134 g/mol. The zero-order valence-corrected chi connectivity index (χ0v) is 5.95. The molecule has 0 aromatic carbocycles. The second-order valence-corrected chi connectivity index (χ2v) is 2.64. The minimum Gasteiger partial charge on any atom is -0.378 e. The highest BCUT2D eigenvalue weighted by molar-refractivity contribution is 4.71. The van der Waals surface area contributed by atoms with E-state index in [4.69, 9.17) is 4.74 Å². The van der Waals surface area contributed by atoms with Gasteiger partial charge in [-0.25, -0.2) is 0 Å². The van der Waals surface area contributed by atoms with Gasteiger partial charge in [-0.05, 0) is 13.3 Å². The highest BCUT2D eigenvalue weighted by atomic mass is 16.6. The second kappa shape index (κ2) is 2.96. The summed E-state index contributed by atoms with van der Waals surface area (Å²) in [5.41, 5.74) is 0. The van der Waals surface area contributed by atoms with E-state index in [1.54, 1.807) is 0 Å². The van der Waals surface area contributed by atoms with Crippen molar-refractivity contribution in [2.75, 3.05) is 13.2 Å². The summed E-state index contributed by atoms with van der Waals surface area (Å²) in [6, 6.07) is 0. The Labute approximate surface area is 59.3 Å². The lowest BCUT2D eigenvalue weighted by molar-refractivity contribution is -0.488. The van der Waals surface area contributed by atoms with Crippen LogP contribution in [0.1, 0.15) is 13.3 Å². The van der Waals surface area contributed by atoms with E-state index >= 15 is 0 Å². The highest BCUT2D eigenvalue weighted by Gasteiger charge is 2.28. The predicted octanol–water partition coefficient (Wildman–Crippen LogP) is 0.688. The van der Waals surface area contributed by atoms with Gasteiger partial charge in [0.25, 0.3) is 0 Å². The van der Waals surface area contributed by atoms with Gasteiger partial charge in [-0.1, -0.05) is 0 Å². The van der Waals surface area contributed by atoms with Crippen LogP contribution in [0, 0.1) is 16.0 Å². The van der Waals surface area contributed by atoms with Crippen molar-refractivity contribution in [1.82, 2.24) is 0 Å². The fraction of sp³-hybridized carbons (Fsp3) is 1.00. The largest absolute Gasteiger partial charge is 0.378 e. The predicted molar refractivity (Wildman–Crippen MR) is 35.4 cm³/mol. The first-order valence-corrected chi connectivity index (χ1v) is 3.43. The molecule has 10 heavy (non-hydrogen) atoms. The molecule has 0 spiro atoms. The molecule has 0 aromatic heterocycles. The standard InChI is InChI=1S/C6H11NO3/c1-5-6(2-3-10-5)4-7(8)9/h5-6H,2-4H2,1H3. The molecule has 1 aliphatic heterocycles. The molecule has 1 saturated heterocycles. The van der Waals surface area contributed by atoms with Crippen LogP contribution in [0.15, 0.2) is 0 Å². The molecule has 1 rings (SSSR count). The van der Waals surface area contributed by atoms with Crippen molar-refractivity contribution >= 4 is 0 Å². The molecule has 4 heteroatoms. The summed E-state index contributed by atoms with van der Waals surface area (Å²) in [6.45, 7) is 2.63. The van der Waals surface area contributed by atoms with E-state index in [-0.39, 0.29) is 23.5 Å². The van der Waals surface area contributed by atoms with Crippen molar-refractivity contribution in [2.45, 2.75) is 19.4 Å². The molecular formula is C6H11NO3. The zero-order valence-electron chi connectivity index (χ0n) is 5.95. The summed E-state index contributed by atoms with van der Waals surface area (Å²) in [5.74, 6) is 0.134. The Bertz CT molecular complexity index is 137. The van der Waals surface area contributed by atoms with Crippen molar-refractivity contribution in [3.63, 3.8) is 0 Å². The third-order valence-electron chi connectivity index (χ3n) is 1.92.